The molecule has 1 aromatic carbocycles. The third-order valence-corrected chi connectivity index (χ3v) is 2.49. The van der Waals surface area contributed by atoms with E-state index in [1.165, 1.54) is 4.52 Å². The standard InChI is InChI=1S/C11H8FN5/c1-7-9(12)11-14-15-16-17(11)10(13-7)8-5-3-2-4-6-8/h2-6H,1H3. The maximum Gasteiger partial charge on any atom is 0.219 e. The Hall–Kier alpha value is -2.37. The fourth-order valence-corrected chi connectivity index (χ4v) is 1.66. The number of fused-ring (bicyclic) bond motifs is 1. The van der Waals surface area contributed by atoms with Crippen LogP contribution in [0, 0.1) is 12.7 Å². The van der Waals surface area contributed by atoms with Crippen molar-refractivity contribution in [1.82, 2.24) is 25.0 Å². The molecule has 84 valence electrons. The zero-order chi connectivity index (χ0) is 11.8. The van der Waals surface area contributed by atoms with Gasteiger partial charge in [-0.1, -0.05) is 30.3 Å². The molecule has 0 saturated heterocycles. The molecule has 0 amide bonds. The molecule has 0 aliphatic heterocycles. The molecule has 0 saturated carbocycles. The third-order valence-electron chi connectivity index (χ3n) is 2.49. The van der Waals surface area contributed by atoms with Gasteiger partial charge in [0.05, 0.1) is 5.69 Å². The Bertz CT molecular complexity index is 677. The van der Waals surface area contributed by atoms with Gasteiger partial charge in [-0.25, -0.2) is 9.37 Å². The molecule has 0 radical (unpaired) electrons. The summed E-state index contributed by atoms with van der Waals surface area (Å²) in [5.74, 6) is 0.0409. The van der Waals surface area contributed by atoms with Crippen molar-refractivity contribution < 1.29 is 4.39 Å². The highest BCUT2D eigenvalue weighted by Crippen LogP contribution is 2.19. The molecule has 17 heavy (non-hydrogen) atoms. The molecule has 0 atom stereocenters. The van der Waals surface area contributed by atoms with Crippen LogP contribution in [0.15, 0.2) is 30.3 Å². The zero-order valence-corrected chi connectivity index (χ0v) is 9.00. The van der Waals surface area contributed by atoms with Crippen molar-refractivity contribution in [3.63, 3.8) is 0 Å². The lowest BCUT2D eigenvalue weighted by Crippen LogP contribution is -2.03. The summed E-state index contributed by atoms with van der Waals surface area (Å²) in [4.78, 5) is 4.19. The third kappa shape index (κ3) is 1.45. The normalized spacial score (nSPS) is 10.9. The smallest absolute Gasteiger partial charge is 0.219 e. The number of nitrogens with zero attached hydrogens (tertiary/aromatic N) is 5. The molecule has 5 nitrogen and oxygen atoms in total. The minimum Gasteiger partial charge on any atom is -0.230 e. The number of hydrogen-bond donors (Lipinski definition) is 0. The highest BCUT2D eigenvalue weighted by Gasteiger charge is 2.14. The SMILES string of the molecule is Cc1nc(-c2ccccc2)n2nnnc2c1F. The average Bonchev–Trinajstić information content (AvgIpc) is 2.84. The molecule has 2 heterocycles. The van der Waals surface area contributed by atoms with Crippen LogP contribution in [0.2, 0.25) is 0 Å². The summed E-state index contributed by atoms with van der Waals surface area (Å²) in [6.07, 6.45) is 0. The van der Waals surface area contributed by atoms with Gasteiger partial charge >= 0.3 is 0 Å². The largest absolute Gasteiger partial charge is 0.230 e. The summed E-state index contributed by atoms with van der Waals surface area (Å²) in [6, 6.07) is 9.41. The van der Waals surface area contributed by atoms with Gasteiger partial charge in [0.25, 0.3) is 0 Å². The highest BCUT2D eigenvalue weighted by atomic mass is 19.1. The van der Waals surface area contributed by atoms with Crippen LogP contribution in [0.4, 0.5) is 4.39 Å². The van der Waals surface area contributed by atoms with E-state index in [1.807, 2.05) is 30.3 Å². The first kappa shape index (κ1) is 9.83. The van der Waals surface area contributed by atoms with Crippen molar-refractivity contribution in [3.8, 4) is 11.4 Å². The van der Waals surface area contributed by atoms with Crippen molar-refractivity contribution in [2.75, 3.05) is 0 Å². The van der Waals surface area contributed by atoms with Gasteiger partial charge < -0.3 is 0 Å². The predicted octanol–water partition coefficient (Wildman–Crippen LogP) is 1.63. The van der Waals surface area contributed by atoms with Crippen molar-refractivity contribution >= 4 is 5.65 Å². The maximum atomic E-state index is 13.7. The summed E-state index contributed by atoms with van der Waals surface area (Å²) in [5.41, 5.74) is 1.22. The molecule has 3 rings (SSSR count). The van der Waals surface area contributed by atoms with Crippen molar-refractivity contribution in [2.24, 2.45) is 0 Å². The predicted molar refractivity (Wildman–Crippen MR) is 58.7 cm³/mol. The van der Waals surface area contributed by atoms with Gasteiger partial charge in [0.2, 0.25) is 5.65 Å². The molecule has 0 aliphatic rings. The Labute approximate surface area is 95.9 Å². The van der Waals surface area contributed by atoms with Gasteiger partial charge in [0.15, 0.2) is 11.6 Å². The number of benzene rings is 1. The van der Waals surface area contributed by atoms with Crippen molar-refractivity contribution in [1.29, 1.82) is 0 Å². The van der Waals surface area contributed by atoms with Crippen LogP contribution in [0.1, 0.15) is 5.69 Å². The van der Waals surface area contributed by atoms with Gasteiger partial charge in [0.1, 0.15) is 0 Å². The second-order valence-electron chi connectivity index (χ2n) is 3.62. The Morgan fingerprint density at radius 1 is 1.18 bits per heavy atom. The first-order valence-electron chi connectivity index (χ1n) is 5.07. The second kappa shape index (κ2) is 3.58. The van der Waals surface area contributed by atoms with Gasteiger partial charge in [0, 0.05) is 5.56 Å². The van der Waals surface area contributed by atoms with Crippen molar-refractivity contribution in [3.05, 3.63) is 41.8 Å². The lowest BCUT2D eigenvalue weighted by atomic mass is 10.2. The highest BCUT2D eigenvalue weighted by molar-refractivity contribution is 5.59. The van der Waals surface area contributed by atoms with Crippen LogP contribution in [0.25, 0.3) is 17.0 Å². The van der Waals surface area contributed by atoms with E-state index in [9.17, 15) is 4.39 Å². The summed E-state index contributed by atoms with van der Waals surface area (Å²) in [5, 5.41) is 10.9. The number of hydrogen-bond acceptors (Lipinski definition) is 4. The molecule has 0 bridgehead atoms. The van der Waals surface area contributed by atoms with Crippen molar-refractivity contribution in [2.45, 2.75) is 6.92 Å². The van der Waals surface area contributed by atoms with Crippen LogP contribution >= 0.6 is 0 Å². The molecule has 0 aliphatic carbocycles. The summed E-state index contributed by atoms with van der Waals surface area (Å²) in [7, 11) is 0. The van der Waals surface area contributed by atoms with Gasteiger partial charge in [-0.05, 0) is 17.4 Å². The van der Waals surface area contributed by atoms with Crippen LogP contribution in [-0.4, -0.2) is 25.0 Å². The van der Waals surface area contributed by atoms with E-state index in [2.05, 4.69) is 20.5 Å². The Kier molecular flexibility index (Phi) is 2.07. The first-order chi connectivity index (χ1) is 8.27. The fourth-order valence-electron chi connectivity index (χ4n) is 1.66. The molecule has 0 unspecified atom stereocenters. The van der Waals surface area contributed by atoms with E-state index >= 15 is 0 Å². The Balaban J connectivity index is 2.38. The number of halogens is 1. The molecular formula is C11H8FN5. The minimum atomic E-state index is -0.491. The second-order valence-corrected chi connectivity index (χ2v) is 3.62. The van der Waals surface area contributed by atoms with E-state index in [0.29, 0.717) is 5.82 Å². The minimum absolute atomic E-state index is 0.0938. The van der Waals surface area contributed by atoms with Gasteiger partial charge in [-0.3, -0.25) is 0 Å². The average molecular weight is 229 g/mol. The molecular weight excluding hydrogens is 221 g/mol. The van der Waals surface area contributed by atoms with Crippen LogP contribution in [0.5, 0.6) is 0 Å². The fraction of sp³-hybridized carbons (Fsp3) is 0.0909. The summed E-state index contributed by atoms with van der Waals surface area (Å²) >= 11 is 0. The first-order valence-corrected chi connectivity index (χ1v) is 5.07. The number of rotatable bonds is 1. The van der Waals surface area contributed by atoms with Crippen LogP contribution < -0.4 is 0 Å². The molecule has 0 N–H and O–H groups in total. The molecule has 6 heteroatoms. The number of aromatic nitrogens is 5. The Morgan fingerprint density at radius 2 is 1.94 bits per heavy atom. The Morgan fingerprint density at radius 3 is 2.71 bits per heavy atom. The van der Waals surface area contributed by atoms with E-state index in [1.54, 1.807) is 6.92 Å². The number of tetrazole rings is 1. The van der Waals surface area contributed by atoms with E-state index in [0.717, 1.165) is 5.56 Å². The van der Waals surface area contributed by atoms with Gasteiger partial charge in [-0.2, -0.15) is 4.52 Å². The molecule has 0 fully saturated rings. The lowest BCUT2D eigenvalue weighted by Gasteiger charge is -2.04. The van der Waals surface area contributed by atoms with Crippen LogP contribution in [-0.2, 0) is 0 Å². The van der Waals surface area contributed by atoms with E-state index in [4.69, 9.17) is 0 Å². The summed E-state index contributed by atoms with van der Waals surface area (Å²) < 4.78 is 15.0. The zero-order valence-electron chi connectivity index (χ0n) is 9.00. The molecule has 0 spiro atoms. The maximum absolute atomic E-state index is 13.7. The number of aryl methyl sites for hydroxylation is 1. The van der Waals surface area contributed by atoms with E-state index in [-0.39, 0.29) is 11.3 Å². The van der Waals surface area contributed by atoms with Gasteiger partial charge in [-0.15, -0.1) is 5.10 Å². The van der Waals surface area contributed by atoms with E-state index < -0.39 is 5.82 Å². The quantitative estimate of drug-likeness (QED) is 0.636. The lowest BCUT2D eigenvalue weighted by molar-refractivity contribution is 0.608. The molecule has 3 aromatic rings. The topological polar surface area (TPSA) is 56.0 Å². The van der Waals surface area contributed by atoms with Crippen LogP contribution in [0.3, 0.4) is 0 Å². The summed E-state index contributed by atoms with van der Waals surface area (Å²) in [6.45, 7) is 1.59. The molecule has 2 aromatic heterocycles. The monoisotopic (exact) mass is 229 g/mol.